The van der Waals surface area contributed by atoms with E-state index in [2.05, 4.69) is 11.4 Å². The van der Waals surface area contributed by atoms with Gasteiger partial charge in [-0.05, 0) is 67.8 Å². The molecule has 0 radical (unpaired) electrons. The molecule has 0 saturated carbocycles. The highest BCUT2D eigenvalue weighted by Gasteiger charge is 2.44. The number of carbonyl (C=O) groups excluding carboxylic acids is 1. The lowest BCUT2D eigenvalue weighted by Gasteiger charge is -2.40. The van der Waals surface area contributed by atoms with Crippen LogP contribution < -0.4 is 14.8 Å². The number of nitriles is 1. The van der Waals surface area contributed by atoms with Crippen LogP contribution in [0.1, 0.15) is 40.7 Å². The average Bonchev–Trinajstić information content (AvgIpc) is 3.19. The van der Waals surface area contributed by atoms with Gasteiger partial charge in [-0.1, -0.05) is 6.07 Å². The molecule has 0 spiro atoms. The minimum Gasteiger partial charge on any atom is -0.484 e. The van der Waals surface area contributed by atoms with Crippen LogP contribution in [0.4, 0.5) is 0 Å². The van der Waals surface area contributed by atoms with Gasteiger partial charge >= 0.3 is 0 Å². The molecule has 0 bridgehead atoms. The van der Waals surface area contributed by atoms with E-state index in [1.165, 1.54) is 11.3 Å². The Bertz CT molecular complexity index is 1110. The van der Waals surface area contributed by atoms with Gasteiger partial charge in [-0.25, -0.2) is 0 Å². The first kappa shape index (κ1) is 20.0. The number of rotatable bonds is 4. The van der Waals surface area contributed by atoms with Gasteiger partial charge in [0.15, 0.2) is 0 Å². The van der Waals surface area contributed by atoms with Gasteiger partial charge in [0.2, 0.25) is 0 Å². The van der Waals surface area contributed by atoms with Gasteiger partial charge in [0.25, 0.3) is 5.91 Å². The maximum Gasteiger partial charge on any atom is 0.252 e. The van der Waals surface area contributed by atoms with Gasteiger partial charge < -0.3 is 19.9 Å². The summed E-state index contributed by atoms with van der Waals surface area (Å²) in [4.78, 5) is 13.7. The van der Waals surface area contributed by atoms with Crippen molar-refractivity contribution >= 4 is 17.2 Å². The second-order valence-corrected chi connectivity index (χ2v) is 8.46. The van der Waals surface area contributed by atoms with Crippen molar-refractivity contribution in [1.29, 1.82) is 5.26 Å². The summed E-state index contributed by atoms with van der Waals surface area (Å²) in [6.45, 7) is 3.59. The number of carbonyl (C=O) groups is 1. The largest absolute Gasteiger partial charge is 0.484 e. The molecule has 152 valence electrons. The quantitative estimate of drug-likeness (QED) is 0.652. The van der Waals surface area contributed by atoms with E-state index in [0.717, 1.165) is 4.88 Å². The van der Waals surface area contributed by atoms with Crippen LogP contribution in [-0.2, 0) is 0 Å². The summed E-state index contributed by atoms with van der Waals surface area (Å²) in [5.41, 5.74) is 0.129. The molecule has 7 heteroatoms. The Morgan fingerprint density at radius 3 is 2.70 bits per heavy atom. The van der Waals surface area contributed by atoms with Crippen LogP contribution in [0.2, 0.25) is 0 Å². The van der Waals surface area contributed by atoms with Crippen molar-refractivity contribution in [2.24, 2.45) is 0 Å². The molecule has 2 N–H and O–H groups in total. The fourth-order valence-electron chi connectivity index (χ4n) is 3.31. The lowest BCUT2D eigenvalue weighted by atomic mass is 9.90. The first-order valence-electron chi connectivity index (χ1n) is 9.41. The summed E-state index contributed by atoms with van der Waals surface area (Å²) in [5, 5.41) is 24.5. The Kier molecular flexibility index (Phi) is 5.20. The third-order valence-electron chi connectivity index (χ3n) is 4.94. The molecule has 6 nitrogen and oxygen atoms in total. The number of nitrogens with one attached hydrogen (secondary N) is 1. The Morgan fingerprint density at radius 2 is 1.97 bits per heavy atom. The van der Waals surface area contributed by atoms with Crippen LogP contribution in [0.25, 0.3) is 0 Å². The predicted octanol–water partition coefficient (Wildman–Crippen LogP) is 4.42. The molecule has 2 heterocycles. The van der Waals surface area contributed by atoms with Crippen molar-refractivity contribution in [3.05, 3.63) is 76.0 Å². The molecule has 0 fully saturated rings. The number of thiophene rings is 1. The van der Waals surface area contributed by atoms with E-state index < -0.39 is 17.7 Å². The van der Waals surface area contributed by atoms with Crippen LogP contribution in [0.15, 0.2) is 60.0 Å². The molecule has 0 unspecified atom stereocenters. The van der Waals surface area contributed by atoms with Crippen molar-refractivity contribution in [2.45, 2.75) is 31.6 Å². The van der Waals surface area contributed by atoms with Crippen LogP contribution >= 0.6 is 11.3 Å². The summed E-state index contributed by atoms with van der Waals surface area (Å²) in [6, 6.07) is 16.9. The molecular weight excluding hydrogens is 400 g/mol. The molecule has 0 saturated heterocycles. The van der Waals surface area contributed by atoms with Gasteiger partial charge in [-0.15, -0.1) is 11.3 Å². The summed E-state index contributed by atoms with van der Waals surface area (Å²) in [6.07, 6.45) is -0.898. The molecule has 3 aromatic rings. The molecule has 2 atom stereocenters. The highest BCUT2D eigenvalue weighted by molar-refractivity contribution is 7.10. The predicted molar refractivity (Wildman–Crippen MR) is 113 cm³/mol. The Labute approximate surface area is 178 Å². The summed E-state index contributed by atoms with van der Waals surface area (Å²) in [7, 11) is 0. The van der Waals surface area contributed by atoms with Gasteiger partial charge in [-0.2, -0.15) is 5.26 Å². The molecule has 1 aliphatic rings. The number of nitrogens with zero attached hydrogens (tertiary/aromatic N) is 1. The van der Waals surface area contributed by atoms with E-state index in [-0.39, 0.29) is 5.91 Å². The number of hydrogen-bond acceptors (Lipinski definition) is 6. The minimum absolute atomic E-state index is 0.318. The van der Waals surface area contributed by atoms with Gasteiger partial charge in [-0.3, -0.25) is 4.79 Å². The third kappa shape index (κ3) is 3.88. The topological polar surface area (TPSA) is 91.6 Å². The van der Waals surface area contributed by atoms with Crippen molar-refractivity contribution < 1.29 is 19.4 Å². The van der Waals surface area contributed by atoms with Crippen molar-refractivity contribution in [2.75, 3.05) is 0 Å². The first-order valence-corrected chi connectivity index (χ1v) is 10.3. The van der Waals surface area contributed by atoms with E-state index in [1.807, 2.05) is 11.4 Å². The second kappa shape index (κ2) is 7.82. The first-order chi connectivity index (χ1) is 14.4. The summed E-state index contributed by atoms with van der Waals surface area (Å²) in [5.74, 6) is 1.42. The number of hydrogen-bond donors (Lipinski definition) is 2. The highest BCUT2D eigenvalue weighted by Crippen LogP contribution is 2.43. The number of benzene rings is 2. The standard InChI is InChI=1S/C23H20N2O4S/c1-23(2)21(26)19(20-18(29-23)10-11-30-20)25-22(27)15-4-3-5-17(12-15)28-16-8-6-14(13-24)7-9-16/h3-12,19,21,26H,1-2H3,(H,25,27)/t19-,21+/m1/s1. The maximum atomic E-state index is 12.9. The van der Waals surface area contributed by atoms with E-state index in [1.54, 1.807) is 62.4 Å². The Hall–Kier alpha value is -3.34. The lowest BCUT2D eigenvalue weighted by Crippen LogP contribution is -2.53. The minimum atomic E-state index is -0.898. The smallest absolute Gasteiger partial charge is 0.252 e. The van der Waals surface area contributed by atoms with Crippen LogP contribution in [0.3, 0.4) is 0 Å². The number of aliphatic hydroxyl groups is 1. The van der Waals surface area contributed by atoms with Crippen LogP contribution in [0.5, 0.6) is 17.2 Å². The van der Waals surface area contributed by atoms with E-state index in [0.29, 0.717) is 28.4 Å². The number of aliphatic hydroxyl groups excluding tert-OH is 1. The van der Waals surface area contributed by atoms with E-state index >= 15 is 0 Å². The summed E-state index contributed by atoms with van der Waals surface area (Å²) >= 11 is 1.44. The summed E-state index contributed by atoms with van der Waals surface area (Å²) < 4.78 is 11.7. The molecule has 0 aliphatic carbocycles. The molecule has 2 aromatic carbocycles. The molecule has 1 aliphatic heterocycles. The fraction of sp³-hybridized carbons (Fsp3) is 0.217. The number of ether oxygens (including phenoxy) is 2. The number of amides is 1. The van der Waals surface area contributed by atoms with Crippen molar-refractivity contribution in [1.82, 2.24) is 5.32 Å². The fourth-order valence-corrected chi connectivity index (χ4v) is 4.21. The maximum absolute atomic E-state index is 12.9. The van der Waals surface area contributed by atoms with Crippen molar-refractivity contribution in [3.63, 3.8) is 0 Å². The average molecular weight is 420 g/mol. The van der Waals surface area contributed by atoms with Crippen LogP contribution in [-0.4, -0.2) is 22.7 Å². The lowest BCUT2D eigenvalue weighted by molar-refractivity contribution is -0.0612. The van der Waals surface area contributed by atoms with E-state index in [4.69, 9.17) is 14.7 Å². The molecule has 30 heavy (non-hydrogen) atoms. The molecule has 4 rings (SSSR count). The third-order valence-corrected chi connectivity index (χ3v) is 5.92. The number of fused-ring (bicyclic) bond motifs is 1. The zero-order valence-corrected chi connectivity index (χ0v) is 17.3. The highest BCUT2D eigenvalue weighted by atomic mass is 32.1. The molecule has 1 aromatic heterocycles. The molecule has 1 amide bonds. The van der Waals surface area contributed by atoms with Gasteiger partial charge in [0, 0.05) is 5.56 Å². The Balaban J connectivity index is 1.53. The van der Waals surface area contributed by atoms with E-state index in [9.17, 15) is 9.90 Å². The zero-order valence-electron chi connectivity index (χ0n) is 16.5. The second-order valence-electron chi connectivity index (χ2n) is 7.52. The van der Waals surface area contributed by atoms with Crippen LogP contribution in [0, 0.1) is 11.3 Å². The normalized spacial score (nSPS) is 19.1. The molecular formula is C23H20N2O4S. The Morgan fingerprint density at radius 1 is 1.20 bits per heavy atom. The van der Waals surface area contributed by atoms with Gasteiger partial charge in [0.1, 0.15) is 29.0 Å². The SMILES string of the molecule is CC1(C)Oc2ccsc2[C@@H](NC(=O)c2cccc(Oc3ccc(C#N)cc3)c2)[C@@H]1O. The zero-order chi connectivity index (χ0) is 21.3. The van der Waals surface area contributed by atoms with Gasteiger partial charge in [0.05, 0.1) is 22.6 Å². The monoisotopic (exact) mass is 420 g/mol. The van der Waals surface area contributed by atoms with Crippen molar-refractivity contribution in [3.8, 4) is 23.3 Å².